The maximum atomic E-state index is 12.3. The largest absolute Gasteiger partial charge is 0.494 e. The zero-order chi connectivity index (χ0) is 14.4. The summed E-state index contributed by atoms with van der Waals surface area (Å²) in [5.74, 6) is 0.494. The van der Waals surface area contributed by atoms with Crippen LogP contribution >= 0.6 is 39.7 Å². The Balaban J connectivity index is 0.00000361. The molecule has 1 amide bonds. The van der Waals surface area contributed by atoms with Gasteiger partial charge in [-0.2, -0.15) is 0 Å². The molecular formula is C13H22BrClN2O2S. The van der Waals surface area contributed by atoms with Gasteiger partial charge in [-0.15, -0.1) is 23.7 Å². The summed E-state index contributed by atoms with van der Waals surface area (Å²) < 4.78 is 6.14. The molecule has 1 atom stereocenters. The fourth-order valence-corrected chi connectivity index (χ4v) is 3.44. The van der Waals surface area contributed by atoms with Crippen molar-refractivity contribution in [1.29, 1.82) is 0 Å². The summed E-state index contributed by atoms with van der Waals surface area (Å²) in [6.07, 6.45) is 3.07. The van der Waals surface area contributed by atoms with E-state index in [0.717, 1.165) is 28.6 Å². The molecule has 0 aliphatic carbocycles. The molecular weight excluding hydrogens is 364 g/mol. The lowest BCUT2D eigenvalue weighted by Crippen LogP contribution is -2.39. The first kappa shape index (κ1) is 19.7. The van der Waals surface area contributed by atoms with Gasteiger partial charge in [-0.25, -0.2) is 0 Å². The van der Waals surface area contributed by atoms with Crippen LogP contribution in [0.15, 0.2) is 4.47 Å². The van der Waals surface area contributed by atoms with Gasteiger partial charge in [0.2, 0.25) is 0 Å². The fourth-order valence-electron chi connectivity index (χ4n) is 1.79. The number of ether oxygens (including phenoxy) is 1. The van der Waals surface area contributed by atoms with Crippen molar-refractivity contribution in [1.82, 2.24) is 5.32 Å². The topological polar surface area (TPSA) is 64.3 Å². The number of methoxy groups -OCH3 is 1. The van der Waals surface area contributed by atoms with Gasteiger partial charge in [0.15, 0.2) is 5.75 Å². The van der Waals surface area contributed by atoms with Gasteiger partial charge >= 0.3 is 0 Å². The molecule has 3 N–H and O–H groups in total. The van der Waals surface area contributed by atoms with Gasteiger partial charge in [-0.1, -0.05) is 19.8 Å². The minimum Gasteiger partial charge on any atom is -0.494 e. The number of halogens is 2. The highest BCUT2D eigenvalue weighted by Gasteiger charge is 2.22. The quantitative estimate of drug-likeness (QED) is 0.755. The van der Waals surface area contributed by atoms with Gasteiger partial charge in [0.25, 0.3) is 5.91 Å². The number of rotatable bonds is 7. The molecule has 7 heteroatoms. The third-order valence-corrected chi connectivity index (χ3v) is 5.21. The van der Waals surface area contributed by atoms with Gasteiger partial charge < -0.3 is 15.8 Å². The second-order valence-corrected chi connectivity index (χ2v) is 6.40. The molecule has 1 unspecified atom stereocenters. The number of aryl methyl sites for hydroxylation is 1. The normalized spacial score (nSPS) is 11.7. The van der Waals surface area contributed by atoms with E-state index in [2.05, 4.69) is 28.2 Å². The van der Waals surface area contributed by atoms with Gasteiger partial charge in [0.05, 0.1) is 11.6 Å². The second kappa shape index (κ2) is 9.60. The first-order chi connectivity index (χ1) is 9.04. The predicted molar refractivity (Wildman–Crippen MR) is 90.4 cm³/mol. The Hall–Kier alpha value is -0.300. The highest BCUT2D eigenvalue weighted by atomic mass is 79.9. The molecule has 1 rings (SSSR count). The lowest BCUT2D eigenvalue weighted by atomic mass is 10.1. The molecule has 1 aromatic heterocycles. The van der Waals surface area contributed by atoms with Gasteiger partial charge in [-0.05, 0) is 29.3 Å². The Morgan fingerprint density at radius 3 is 2.70 bits per heavy atom. The summed E-state index contributed by atoms with van der Waals surface area (Å²) in [5, 5.41) is 2.98. The molecule has 0 spiro atoms. The first-order valence-electron chi connectivity index (χ1n) is 6.38. The van der Waals surface area contributed by atoms with Crippen LogP contribution < -0.4 is 15.8 Å². The van der Waals surface area contributed by atoms with Crippen LogP contribution in [0.3, 0.4) is 0 Å². The molecule has 0 saturated heterocycles. The van der Waals surface area contributed by atoms with E-state index >= 15 is 0 Å². The maximum absolute atomic E-state index is 12.3. The molecule has 0 aromatic carbocycles. The number of nitrogens with one attached hydrogen (secondary N) is 1. The van der Waals surface area contributed by atoms with Crippen molar-refractivity contribution in [3.05, 3.63) is 14.2 Å². The van der Waals surface area contributed by atoms with E-state index in [-0.39, 0.29) is 24.4 Å². The van der Waals surface area contributed by atoms with E-state index in [1.54, 1.807) is 7.11 Å². The van der Waals surface area contributed by atoms with Crippen LogP contribution in [0.1, 0.15) is 40.7 Å². The number of carbonyl (C=O) groups is 1. The average molecular weight is 386 g/mol. The molecule has 116 valence electrons. The van der Waals surface area contributed by atoms with Crippen molar-refractivity contribution < 1.29 is 9.53 Å². The Kier molecular flexibility index (Phi) is 9.46. The van der Waals surface area contributed by atoms with Crippen LogP contribution in [0, 0.1) is 6.92 Å². The Morgan fingerprint density at radius 2 is 2.20 bits per heavy atom. The number of hydrogen-bond acceptors (Lipinski definition) is 4. The summed E-state index contributed by atoms with van der Waals surface area (Å²) in [5.41, 5.74) is 5.69. The number of carbonyl (C=O) groups excluding carboxylic acids is 1. The van der Waals surface area contributed by atoms with Crippen LogP contribution in [0.4, 0.5) is 0 Å². The number of thiophene rings is 1. The smallest absolute Gasteiger partial charge is 0.265 e. The Bertz CT molecular complexity index is 440. The molecule has 0 fully saturated rings. The Morgan fingerprint density at radius 1 is 1.55 bits per heavy atom. The molecule has 1 aromatic rings. The van der Waals surface area contributed by atoms with E-state index in [9.17, 15) is 4.79 Å². The first-order valence-corrected chi connectivity index (χ1v) is 7.99. The summed E-state index contributed by atoms with van der Waals surface area (Å²) in [7, 11) is 1.57. The molecule has 0 aliphatic heterocycles. The van der Waals surface area contributed by atoms with Crippen molar-refractivity contribution in [2.45, 2.75) is 39.2 Å². The fraction of sp³-hybridized carbons (Fsp3) is 0.615. The molecule has 4 nitrogen and oxygen atoms in total. The van der Waals surface area contributed by atoms with E-state index < -0.39 is 0 Å². The van der Waals surface area contributed by atoms with E-state index in [0.29, 0.717) is 17.2 Å². The van der Waals surface area contributed by atoms with Crippen molar-refractivity contribution in [3.63, 3.8) is 0 Å². The summed E-state index contributed by atoms with van der Waals surface area (Å²) in [4.78, 5) is 13.9. The van der Waals surface area contributed by atoms with Crippen LogP contribution in [0.5, 0.6) is 5.75 Å². The standard InChI is InChI=1S/C13H21BrN2O2S.ClH/c1-4-5-6-9(7-15)16-13(17)12-11(18-3)10(14)8(2)19-12;/h9H,4-7,15H2,1-3H3,(H,16,17);1H. The van der Waals surface area contributed by atoms with Crippen molar-refractivity contribution >= 4 is 45.6 Å². The zero-order valence-corrected chi connectivity index (χ0v) is 15.2. The molecule has 0 saturated carbocycles. The lowest BCUT2D eigenvalue weighted by Gasteiger charge is -2.16. The third kappa shape index (κ3) is 4.91. The minimum atomic E-state index is -0.109. The molecule has 1 heterocycles. The van der Waals surface area contributed by atoms with Gasteiger partial charge in [0, 0.05) is 17.5 Å². The number of hydrogen-bond donors (Lipinski definition) is 2. The van der Waals surface area contributed by atoms with E-state index in [1.807, 2.05) is 6.92 Å². The molecule has 0 bridgehead atoms. The zero-order valence-electron chi connectivity index (χ0n) is 12.0. The third-order valence-electron chi connectivity index (χ3n) is 2.91. The molecule has 20 heavy (non-hydrogen) atoms. The van der Waals surface area contributed by atoms with E-state index in [4.69, 9.17) is 10.5 Å². The summed E-state index contributed by atoms with van der Waals surface area (Å²) in [6.45, 7) is 4.53. The SMILES string of the molecule is CCCCC(CN)NC(=O)c1sc(C)c(Br)c1OC.Cl. The number of amides is 1. The number of unbranched alkanes of at least 4 members (excludes halogenated alkanes) is 1. The summed E-state index contributed by atoms with van der Waals surface area (Å²) >= 11 is 4.86. The monoisotopic (exact) mass is 384 g/mol. The van der Waals surface area contributed by atoms with Crippen molar-refractivity contribution in [2.75, 3.05) is 13.7 Å². The second-order valence-electron chi connectivity index (χ2n) is 4.38. The van der Waals surface area contributed by atoms with E-state index in [1.165, 1.54) is 11.3 Å². The molecule has 0 aliphatic rings. The number of nitrogens with two attached hydrogens (primary N) is 1. The summed E-state index contributed by atoms with van der Waals surface area (Å²) in [6, 6.07) is 0.0262. The highest BCUT2D eigenvalue weighted by Crippen LogP contribution is 2.39. The van der Waals surface area contributed by atoms with Crippen LogP contribution in [0.25, 0.3) is 0 Å². The highest BCUT2D eigenvalue weighted by molar-refractivity contribution is 9.10. The van der Waals surface area contributed by atoms with Gasteiger partial charge in [-0.3, -0.25) is 4.79 Å². The van der Waals surface area contributed by atoms with Crippen molar-refractivity contribution in [2.24, 2.45) is 5.73 Å². The van der Waals surface area contributed by atoms with Crippen LogP contribution in [0.2, 0.25) is 0 Å². The minimum absolute atomic E-state index is 0. The van der Waals surface area contributed by atoms with Crippen molar-refractivity contribution in [3.8, 4) is 5.75 Å². The van der Waals surface area contributed by atoms with Crippen LogP contribution in [-0.4, -0.2) is 25.6 Å². The lowest BCUT2D eigenvalue weighted by molar-refractivity contribution is 0.0937. The molecule has 0 radical (unpaired) electrons. The van der Waals surface area contributed by atoms with Gasteiger partial charge in [0.1, 0.15) is 4.88 Å². The predicted octanol–water partition coefficient (Wildman–Crippen LogP) is 3.50. The van der Waals surface area contributed by atoms with Crippen LogP contribution in [-0.2, 0) is 0 Å². The maximum Gasteiger partial charge on any atom is 0.265 e. The Labute approximate surface area is 139 Å². The average Bonchev–Trinajstić information content (AvgIpc) is 2.70.